The van der Waals surface area contributed by atoms with Gasteiger partial charge in [0.25, 0.3) is 0 Å². The third-order valence-corrected chi connectivity index (χ3v) is 3.48. The Bertz CT molecular complexity index is 447. The molecule has 0 aliphatic carbocycles. The minimum atomic E-state index is -0.843. The molecule has 1 aliphatic heterocycles. The summed E-state index contributed by atoms with van der Waals surface area (Å²) in [6.07, 6.45) is 0. The Morgan fingerprint density at radius 1 is 1.44 bits per heavy atom. The van der Waals surface area contributed by atoms with Gasteiger partial charge in [0, 0.05) is 10.5 Å². The van der Waals surface area contributed by atoms with E-state index >= 15 is 0 Å². The molecule has 1 heterocycles. The minimum Gasteiger partial charge on any atom is -0.467 e. The largest absolute Gasteiger partial charge is 0.467 e. The van der Waals surface area contributed by atoms with Crippen molar-refractivity contribution in [1.82, 2.24) is 4.31 Å². The number of likely N-dealkylation sites (N-methyl/N-ethyl adjacent to an activating group) is 1. The van der Waals surface area contributed by atoms with Gasteiger partial charge in [0.2, 0.25) is 0 Å². The molecule has 4 nitrogen and oxygen atoms in total. The second-order valence-electron chi connectivity index (χ2n) is 3.42. The molecule has 0 radical (unpaired) electrons. The Morgan fingerprint density at radius 2 is 2.12 bits per heavy atom. The van der Waals surface area contributed by atoms with Crippen LogP contribution in [0.25, 0.3) is 0 Å². The van der Waals surface area contributed by atoms with Crippen molar-refractivity contribution in [2.75, 3.05) is 14.2 Å². The smallest absolute Gasteiger partial charge is 0.332 e. The van der Waals surface area contributed by atoms with E-state index in [9.17, 15) is 9.59 Å². The van der Waals surface area contributed by atoms with Gasteiger partial charge >= 0.3 is 5.97 Å². The van der Waals surface area contributed by atoms with Crippen molar-refractivity contribution in [2.45, 2.75) is 10.9 Å². The van der Waals surface area contributed by atoms with Crippen LogP contribution in [0.3, 0.4) is 0 Å². The number of carbonyl (C=O) groups excluding carboxylic acids is 2. The Kier molecular flexibility index (Phi) is 2.98. The lowest BCUT2D eigenvalue weighted by atomic mass is 10.0. The molecule has 1 atom stereocenters. The highest BCUT2D eigenvalue weighted by Crippen LogP contribution is 2.33. The van der Waals surface area contributed by atoms with Crippen LogP contribution < -0.4 is 0 Å². The van der Waals surface area contributed by atoms with Gasteiger partial charge in [-0.2, -0.15) is 0 Å². The predicted octanol–water partition coefficient (Wildman–Crippen LogP) is 1.36. The van der Waals surface area contributed by atoms with Gasteiger partial charge < -0.3 is 4.74 Å². The molecule has 2 rings (SSSR count). The van der Waals surface area contributed by atoms with Gasteiger partial charge in [-0.15, -0.1) is 0 Å². The van der Waals surface area contributed by atoms with Gasteiger partial charge in [0.15, 0.2) is 11.8 Å². The summed E-state index contributed by atoms with van der Waals surface area (Å²) >= 11 is 1.38. The maximum absolute atomic E-state index is 12.1. The monoisotopic (exact) mass is 237 g/mol. The van der Waals surface area contributed by atoms with Crippen LogP contribution in [0.1, 0.15) is 10.4 Å². The summed E-state index contributed by atoms with van der Waals surface area (Å²) in [6.45, 7) is 0. The second kappa shape index (κ2) is 4.27. The van der Waals surface area contributed by atoms with E-state index in [0.29, 0.717) is 5.56 Å². The Hall–Kier alpha value is -1.33. The molecule has 1 unspecified atom stereocenters. The van der Waals surface area contributed by atoms with E-state index in [2.05, 4.69) is 4.74 Å². The first-order chi connectivity index (χ1) is 7.65. The van der Waals surface area contributed by atoms with Crippen LogP contribution in [0.4, 0.5) is 0 Å². The van der Waals surface area contributed by atoms with Crippen molar-refractivity contribution in [2.24, 2.45) is 0 Å². The lowest BCUT2D eigenvalue weighted by Crippen LogP contribution is -2.44. The number of hydrogen-bond acceptors (Lipinski definition) is 5. The molecule has 0 N–H and O–H groups in total. The zero-order valence-electron chi connectivity index (χ0n) is 8.97. The summed E-state index contributed by atoms with van der Waals surface area (Å²) < 4.78 is 6.25. The fourth-order valence-corrected chi connectivity index (χ4v) is 2.64. The summed E-state index contributed by atoms with van der Waals surface area (Å²) in [4.78, 5) is 24.4. The molecule has 16 heavy (non-hydrogen) atoms. The highest BCUT2D eigenvalue weighted by Gasteiger charge is 2.38. The quantitative estimate of drug-likeness (QED) is 0.419. The van der Waals surface area contributed by atoms with Gasteiger partial charge in [-0.1, -0.05) is 18.2 Å². The highest BCUT2D eigenvalue weighted by molar-refractivity contribution is 7.97. The molecule has 1 aliphatic rings. The van der Waals surface area contributed by atoms with Gasteiger partial charge in [0.05, 0.1) is 7.11 Å². The van der Waals surface area contributed by atoms with E-state index in [1.165, 1.54) is 19.1 Å². The number of ether oxygens (including phenoxy) is 1. The number of Topliss-reactive ketones (excluding diaryl/α,β-unsaturated/α-hetero) is 1. The van der Waals surface area contributed by atoms with E-state index in [1.807, 2.05) is 12.1 Å². The molecular weight excluding hydrogens is 226 g/mol. The molecule has 0 amide bonds. The molecule has 0 spiro atoms. The van der Waals surface area contributed by atoms with Gasteiger partial charge in [-0.25, -0.2) is 9.10 Å². The number of esters is 1. The van der Waals surface area contributed by atoms with E-state index in [4.69, 9.17) is 0 Å². The van der Waals surface area contributed by atoms with Crippen LogP contribution in [0, 0.1) is 0 Å². The molecule has 1 aromatic rings. The molecule has 0 aromatic heterocycles. The van der Waals surface area contributed by atoms with E-state index in [-0.39, 0.29) is 5.78 Å². The first-order valence-electron chi connectivity index (χ1n) is 4.77. The minimum absolute atomic E-state index is 0.205. The number of benzene rings is 1. The SMILES string of the molecule is COC(=O)C1C(=O)c2ccccc2SN1C. The molecule has 84 valence electrons. The van der Waals surface area contributed by atoms with E-state index < -0.39 is 12.0 Å². The summed E-state index contributed by atoms with van der Waals surface area (Å²) in [7, 11) is 2.99. The molecule has 5 heteroatoms. The third-order valence-electron chi connectivity index (χ3n) is 2.43. The number of hydrogen-bond donors (Lipinski definition) is 0. The maximum Gasteiger partial charge on any atom is 0.332 e. The van der Waals surface area contributed by atoms with Gasteiger partial charge in [0.1, 0.15) is 0 Å². The van der Waals surface area contributed by atoms with Crippen LogP contribution in [-0.2, 0) is 9.53 Å². The van der Waals surface area contributed by atoms with Crippen LogP contribution >= 0.6 is 11.9 Å². The van der Waals surface area contributed by atoms with Gasteiger partial charge in [-0.3, -0.25) is 4.79 Å². The molecular formula is C11H11NO3S. The normalized spacial score (nSPS) is 20.4. The average molecular weight is 237 g/mol. The number of rotatable bonds is 1. The lowest BCUT2D eigenvalue weighted by molar-refractivity contribution is -0.143. The molecule has 0 bridgehead atoms. The van der Waals surface area contributed by atoms with Crippen LogP contribution in [0.15, 0.2) is 29.2 Å². The Balaban J connectivity index is 2.42. The lowest BCUT2D eigenvalue weighted by Gasteiger charge is -2.29. The Morgan fingerprint density at radius 3 is 2.81 bits per heavy atom. The van der Waals surface area contributed by atoms with E-state index in [0.717, 1.165) is 4.90 Å². The van der Waals surface area contributed by atoms with Gasteiger partial charge in [-0.05, 0) is 25.1 Å². The third kappa shape index (κ3) is 1.72. The number of nitrogens with zero attached hydrogens (tertiary/aromatic N) is 1. The standard InChI is InChI=1S/C11H11NO3S/c1-12-9(11(14)15-2)10(13)7-5-3-4-6-8(7)16-12/h3-6,9H,1-2H3. The van der Waals surface area contributed by atoms with Crippen LogP contribution in [0.2, 0.25) is 0 Å². The highest BCUT2D eigenvalue weighted by atomic mass is 32.2. The summed E-state index contributed by atoms with van der Waals surface area (Å²) in [6, 6.07) is 6.41. The summed E-state index contributed by atoms with van der Waals surface area (Å²) in [5.41, 5.74) is 0.584. The van der Waals surface area contributed by atoms with Crippen molar-refractivity contribution in [1.29, 1.82) is 0 Å². The Labute approximate surface area is 97.7 Å². The zero-order chi connectivity index (χ0) is 11.7. The number of fused-ring (bicyclic) bond motifs is 1. The molecule has 0 saturated carbocycles. The van der Waals surface area contributed by atoms with Crippen molar-refractivity contribution in [3.05, 3.63) is 29.8 Å². The fourth-order valence-electron chi connectivity index (χ4n) is 1.64. The van der Waals surface area contributed by atoms with E-state index in [1.54, 1.807) is 23.5 Å². The summed E-state index contributed by atoms with van der Waals surface area (Å²) in [5.74, 6) is -0.724. The van der Waals surface area contributed by atoms with Crippen LogP contribution in [0.5, 0.6) is 0 Å². The first kappa shape index (κ1) is 11.2. The van der Waals surface area contributed by atoms with Crippen LogP contribution in [-0.4, -0.2) is 36.3 Å². The molecule has 0 fully saturated rings. The number of carbonyl (C=O) groups is 2. The summed E-state index contributed by atoms with van der Waals surface area (Å²) in [5, 5.41) is 0. The number of methoxy groups -OCH3 is 1. The zero-order valence-corrected chi connectivity index (χ0v) is 9.78. The number of ketones is 1. The first-order valence-corrected chi connectivity index (χ1v) is 5.54. The fraction of sp³-hybridized carbons (Fsp3) is 0.273. The topological polar surface area (TPSA) is 46.6 Å². The predicted molar refractivity (Wildman–Crippen MR) is 60.2 cm³/mol. The van der Waals surface area contributed by atoms with Crippen molar-refractivity contribution >= 4 is 23.7 Å². The van der Waals surface area contributed by atoms with Crippen molar-refractivity contribution < 1.29 is 14.3 Å². The molecule has 0 saturated heterocycles. The maximum atomic E-state index is 12.1. The second-order valence-corrected chi connectivity index (χ2v) is 4.62. The molecule has 1 aromatic carbocycles. The average Bonchev–Trinajstić information content (AvgIpc) is 2.28. The van der Waals surface area contributed by atoms with Crippen molar-refractivity contribution in [3.8, 4) is 0 Å². The van der Waals surface area contributed by atoms with Crippen molar-refractivity contribution in [3.63, 3.8) is 0 Å².